The molecule has 0 saturated heterocycles. The molecule has 0 radical (unpaired) electrons. The van der Waals surface area contributed by atoms with Gasteiger partial charge in [-0.1, -0.05) is 0 Å². The minimum atomic E-state index is -2.28. The van der Waals surface area contributed by atoms with E-state index in [-0.39, 0.29) is 5.88 Å². The van der Waals surface area contributed by atoms with Crippen LogP contribution in [0.3, 0.4) is 0 Å². The largest absolute Gasteiger partial charge is 0.329 e. The fourth-order valence-electron chi connectivity index (χ4n) is 0.272. The second-order valence-corrected chi connectivity index (χ2v) is 2.26. The molecule has 0 aliphatic rings. The average molecular weight is 138 g/mol. The molecule has 0 unspecified atom stereocenters. The van der Waals surface area contributed by atoms with E-state index in [2.05, 4.69) is 5.32 Å². The first-order valence-corrected chi connectivity index (χ1v) is 3.66. The molecule has 0 spiro atoms. The molecule has 0 rings (SSSR count). The maximum atomic E-state index is 9.81. The molecule has 8 heavy (non-hydrogen) atoms. The summed E-state index contributed by atoms with van der Waals surface area (Å²) in [5, 5.41) is 2.61. The zero-order valence-corrected chi connectivity index (χ0v) is 5.36. The monoisotopic (exact) mass is 138 g/mol. The normalized spacial score (nSPS) is 10.2. The van der Waals surface area contributed by atoms with Gasteiger partial charge in [0.05, 0.1) is 5.88 Å². The first-order chi connectivity index (χ1) is 3.77. The fourth-order valence-corrected chi connectivity index (χ4v) is 0.613. The highest BCUT2D eigenvalue weighted by molar-refractivity contribution is 7.72. The van der Waals surface area contributed by atoms with E-state index in [1.165, 1.54) is 0 Å². The Balaban J connectivity index is 2.94. The van der Waals surface area contributed by atoms with Crippen molar-refractivity contribution in [1.82, 2.24) is 5.32 Å². The Bertz CT molecular complexity index is 104. The van der Waals surface area contributed by atoms with Crippen molar-refractivity contribution in [3.63, 3.8) is 0 Å². The van der Waals surface area contributed by atoms with E-state index in [0.717, 1.165) is 0 Å². The summed E-state index contributed by atoms with van der Waals surface area (Å²) in [7, 11) is -2.28. The second kappa shape index (κ2) is 5.02. The molecular weight excluding hydrogens is 128 g/mol. The van der Waals surface area contributed by atoms with Gasteiger partial charge in [0.1, 0.15) is 0 Å². The third kappa shape index (κ3) is 5.87. The summed E-state index contributed by atoms with van der Waals surface area (Å²) in [6.07, 6.45) is 0. The number of rotatable bonds is 4. The van der Waals surface area contributed by atoms with Crippen molar-refractivity contribution < 1.29 is 8.42 Å². The van der Waals surface area contributed by atoms with Gasteiger partial charge in [-0.3, -0.25) is 0 Å². The van der Waals surface area contributed by atoms with Gasteiger partial charge in [-0.05, 0) is 0 Å². The Morgan fingerprint density at radius 2 is 2.12 bits per heavy atom. The van der Waals surface area contributed by atoms with Crippen molar-refractivity contribution in [2.75, 3.05) is 19.0 Å². The molecule has 0 aromatic carbocycles. The molecule has 0 aromatic heterocycles. The predicted molar refractivity (Wildman–Crippen MR) is 32.2 cm³/mol. The first kappa shape index (κ1) is 7.87. The maximum absolute atomic E-state index is 9.81. The molecule has 0 saturated carbocycles. The van der Waals surface area contributed by atoms with Crippen molar-refractivity contribution in [3.8, 4) is 0 Å². The minimum Gasteiger partial charge on any atom is -0.329 e. The van der Waals surface area contributed by atoms with Crippen LogP contribution in [0.25, 0.3) is 0 Å². The molecule has 50 valence electrons. The van der Waals surface area contributed by atoms with Gasteiger partial charge in [0.2, 0.25) is 0 Å². The van der Waals surface area contributed by atoms with Crippen molar-refractivity contribution >= 4 is 10.7 Å². The van der Waals surface area contributed by atoms with Gasteiger partial charge >= 0.3 is 0 Å². The lowest BCUT2D eigenvalue weighted by Crippen LogP contribution is -2.23. The predicted octanol–water partition coefficient (Wildman–Crippen LogP) is -1.90. The third-order valence-corrected chi connectivity index (χ3v) is 1.04. The highest BCUT2D eigenvalue weighted by Gasteiger charge is 1.81. The van der Waals surface area contributed by atoms with Gasteiger partial charge in [0.25, 0.3) is 0 Å². The second-order valence-electron chi connectivity index (χ2n) is 1.28. The van der Waals surface area contributed by atoms with E-state index >= 15 is 0 Å². The summed E-state index contributed by atoms with van der Waals surface area (Å²) in [6, 6.07) is 0. The molecule has 0 aliphatic carbocycles. The summed E-state index contributed by atoms with van der Waals surface area (Å²) in [4.78, 5) is 0. The molecular formula is C3H10N2O2S. The van der Waals surface area contributed by atoms with Crippen LogP contribution < -0.4 is 11.1 Å². The van der Waals surface area contributed by atoms with Gasteiger partial charge < -0.3 is 11.1 Å². The quantitative estimate of drug-likeness (QED) is 0.313. The van der Waals surface area contributed by atoms with Crippen molar-refractivity contribution in [1.29, 1.82) is 0 Å². The highest BCUT2D eigenvalue weighted by Crippen LogP contribution is 1.56. The van der Waals surface area contributed by atoms with E-state index in [9.17, 15) is 8.42 Å². The molecule has 5 heteroatoms. The molecule has 0 heterocycles. The van der Waals surface area contributed by atoms with Crippen LogP contribution in [-0.4, -0.2) is 27.4 Å². The maximum Gasteiger partial charge on any atom is 0.153 e. The minimum absolute atomic E-state index is 0.0343. The van der Waals surface area contributed by atoms with Gasteiger partial charge in [0, 0.05) is 13.1 Å². The molecule has 0 fully saturated rings. The van der Waals surface area contributed by atoms with Gasteiger partial charge in [-0.25, -0.2) is 8.42 Å². The van der Waals surface area contributed by atoms with Gasteiger partial charge in [-0.2, -0.15) is 0 Å². The molecule has 0 amide bonds. The Morgan fingerprint density at radius 1 is 1.50 bits per heavy atom. The molecule has 3 N–H and O–H groups in total. The third-order valence-electron chi connectivity index (χ3n) is 0.562. The lowest BCUT2D eigenvalue weighted by Gasteiger charge is -1.92. The van der Waals surface area contributed by atoms with E-state index in [4.69, 9.17) is 5.73 Å². The molecule has 0 aliphatic heterocycles. The van der Waals surface area contributed by atoms with E-state index in [0.29, 0.717) is 13.1 Å². The Labute approximate surface area is 50.0 Å². The van der Waals surface area contributed by atoms with Crippen LogP contribution >= 0.6 is 0 Å². The summed E-state index contributed by atoms with van der Waals surface area (Å²) in [5.74, 6) is 0.0343. The SMILES string of the molecule is NCCNC[SH](=O)=O. The van der Waals surface area contributed by atoms with Crippen LogP contribution in [0.4, 0.5) is 0 Å². The summed E-state index contributed by atoms with van der Waals surface area (Å²) >= 11 is 0. The standard InChI is InChI=1S/C3H10N2O2S/c4-1-2-5-3-8(6)7/h5,8H,1-4H2. The summed E-state index contributed by atoms with van der Waals surface area (Å²) in [5.41, 5.74) is 5.06. The van der Waals surface area contributed by atoms with Gasteiger partial charge in [0.15, 0.2) is 10.7 Å². The Kier molecular flexibility index (Phi) is 4.93. The number of thiol groups is 1. The number of hydrogen-bond donors (Lipinski definition) is 3. The van der Waals surface area contributed by atoms with Crippen LogP contribution in [0.1, 0.15) is 0 Å². The summed E-state index contributed by atoms with van der Waals surface area (Å²) < 4.78 is 19.6. The molecule has 4 nitrogen and oxygen atoms in total. The lowest BCUT2D eigenvalue weighted by molar-refractivity contribution is 0.606. The van der Waals surface area contributed by atoms with Crippen LogP contribution in [0, 0.1) is 0 Å². The van der Waals surface area contributed by atoms with Crippen LogP contribution in [-0.2, 0) is 10.7 Å². The van der Waals surface area contributed by atoms with E-state index < -0.39 is 10.7 Å². The molecule has 0 aromatic rings. The number of nitrogens with one attached hydrogen (secondary N) is 1. The van der Waals surface area contributed by atoms with E-state index in [1.54, 1.807) is 0 Å². The van der Waals surface area contributed by atoms with Crippen LogP contribution in [0.15, 0.2) is 0 Å². The zero-order valence-electron chi connectivity index (χ0n) is 4.46. The fraction of sp³-hybridized carbons (Fsp3) is 1.00. The molecule has 0 atom stereocenters. The zero-order chi connectivity index (χ0) is 6.41. The lowest BCUT2D eigenvalue weighted by atomic mass is 10.7. The topological polar surface area (TPSA) is 72.2 Å². The van der Waals surface area contributed by atoms with Crippen molar-refractivity contribution in [2.24, 2.45) is 5.73 Å². The number of nitrogens with two attached hydrogens (primary N) is 1. The van der Waals surface area contributed by atoms with Gasteiger partial charge in [-0.15, -0.1) is 0 Å². The highest BCUT2D eigenvalue weighted by atomic mass is 32.2. The molecule has 0 bridgehead atoms. The number of hydrogen-bond acceptors (Lipinski definition) is 4. The first-order valence-electron chi connectivity index (χ1n) is 2.30. The van der Waals surface area contributed by atoms with Crippen molar-refractivity contribution in [3.05, 3.63) is 0 Å². The van der Waals surface area contributed by atoms with Crippen LogP contribution in [0.2, 0.25) is 0 Å². The van der Waals surface area contributed by atoms with Crippen molar-refractivity contribution in [2.45, 2.75) is 0 Å². The smallest absolute Gasteiger partial charge is 0.153 e. The Hall–Kier alpha value is -0.130. The van der Waals surface area contributed by atoms with E-state index in [1.807, 2.05) is 0 Å². The summed E-state index contributed by atoms with van der Waals surface area (Å²) in [6.45, 7) is 1.03. The Morgan fingerprint density at radius 3 is 2.50 bits per heavy atom. The van der Waals surface area contributed by atoms with Crippen LogP contribution in [0.5, 0.6) is 0 Å². The average Bonchev–Trinajstić information content (AvgIpc) is 1.66.